The second kappa shape index (κ2) is 7.43. The predicted octanol–water partition coefficient (Wildman–Crippen LogP) is 4.55. The standard InChI is InChI=1S/C11H9N3O2.2C2H6/c1-6-12-9-5-8(3-4-10(9)15-6)11-14-13-7(2)16-11;2*1-2/h3-5H,1-2H3;2*1-2H3. The van der Waals surface area contributed by atoms with E-state index in [0.717, 1.165) is 16.7 Å². The summed E-state index contributed by atoms with van der Waals surface area (Å²) < 4.78 is 10.7. The van der Waals surface area contributed by atoms with Crippen molar-refractivity contribution in [3.8, 4) is 11.5 Å². The highest BCUT2D eigenvalue weighted by atomic mass is 16.4. The van der Waals surface area contributed by atoms with Crippen LogP contribution in [0.2, 0.25) is 0 Å². The Morgan fingerprint density at radius 2 is 1.55 bits per heavy atom. The Morgan fingerprint density at radius 3 is 2.15 bits per heavy atom. The van der Waals surface area contributed by atoms with Crippen molar-refractivity contribution in [1.82, 2.24) is 15.2 Å². The average molecular weight is 275 g/mol. The van der Waals surface area contributed by atoms with Gasteiger partial charge in [-0.2, -0.15) is 0 Å². The Hall–Kier alpha value is -2.17. The molecule has 0 bridgehead atoms. The van der Waals surface area contributed by atoms with Crippen LogP contribution < -0.4 is 0 Å². The molecule has 2 aromatic heterocycles. The maximum absolute atomic E-state index is 5.39. The van der Waals surface area contributed by atoms with Gasteiger partial charge in [-0.25, -0.2) is 4.98 Å². The van der Waals surface area contributed by atoms with Gasteiger partial charge in [0.05, 0.1) is 0 Å². The second-order valence-electron chi connectivity index (χ2n) is 3.54. The lowest BCUT2D eigenvalue weighted by atomic mass is 10.2. The summed E-state index contributed by atoms with van der Waals surface area (Å²) in [5.41, 5.74) is 2.41. The Bertz CT molecular complexity index is 656. The normalized spacial score (nSPS) is 9.50. The van der Waals surface area contributed by atoms with E-state index in [0.29, 0.717) is 17.7 Å². The summed E-state index contributed by atoms with van der Waals surface area (Å²) in [6.07, 6.45) is 0. The average Bonchev–Trinajstić information content (AvgIpc) is 3.07. The van der Waals surface area contributed by atoms with Crippen LogP contribution >= 0.6 is 0 Å². The highest BCUT2D eigenvalue weighted by molar-refractivity contribution is 5.78. The first-order chi connectivity index (χ1) is 9.72. The lowest BCUT2D eigenvalue weighted by molar-refractivity contribution is 0.533. The zero-order valence-corrected chi connectivity index (χ0v) is 12.9. The Balaban J connectivity index is 0.000000461. The van der Waals surface area contributed by atoms with Crippen LogP contribution in [-0.4, -0.2) is 15.2 Å². The fraction of sp³-hybridized carbons (Fsp3) is 0.400. The van der Waals surface area contributed by atoms with Gasteiger partial charge in [-0.15, -0.1) is 10.2 Å². The third-order valence-corrected chi connectivity index (χ3v) is 2.27. The molecular weight excluding hydrogens is 254 g/mol. The summed E-state index contributed by atoms with van der Waals surface area (Å²) in [5, 5.41) is 7.74. The molecule has 0 amide bonds. The molecule has 0 atom stereocenters. The van der Waals surface area contributed by atoms with Crippen LogP contribution in [0.3, 0.4) is 0 Å². The maximum Gasteiger partial charge on any atom is 0.247 e. The molecule has 0 aliphatic carbocycles. The van der Waals surface area contributed by atoms with E-state index < -0.39 is 0 Å². The number of aryl methyl sites for hydroxylation is 2. The molecule has 0 saturated heterocycles. The van der Waals surface area contributed by atoms with E-state index in [1.165, 1.54) is 0 Å². The number of hydrogen-bond acceptors (Lipinski definition) is 5. The minimum Gasteiger partial charge on any atom is -0.441 e. The van der Waals surface area contributed by atoms with Gasteiger partial charge in [0, 0.05) is 19.4 Å². The first-order valence-corrected chi connectivity index (χ1v) is 6.90. The van der Waals surface area contributed by atoms with E-state index in [9.17, 15) is 0 Å². The summed E-state index contributed by atoms with van der Waals surface area (Å²) in [6.45, 7) is 11.6. The monoisotopic (exact) mass is 275 g/mol. The van der Waals surface area contributed by atoms with Gasteiger partial charge in [0.15, 0.2) is 11.5 Å². The van der Waals surface area contributed by atoms with E-state index in [2.05, 4.69) is 15.2 Å². The lowest BCUT2D eigenvalue weighted by Gasteiger charge is -1.92. The Kier molecular flexibility index (Phi) is 5.90. The van der Waals surface area contributed by atoms with E-state index in [1.54, 1.807) is 6.92 Å². The molecule has 0 aliphatic heterocycles. The molecule has 0 N–H and O–H groups in total. The highest BCUT2D eigenvalue weighted by Crippen LogP contribution is 2.23. The molecular formula is C15H21N3O2. The van der Waals surface area contributed by atoms with Crippen LogP contribution in [0.1, 0.15) is 39.5 Å². The quantitative estimate of drug-likeness (QED) is 0.652. The molecule has 5 heteroatoms. The number of aromatic nitrogens is 3. The van der Waals surface area contributed by atoms with Gasteiger partial charge in [-0.05, 0) is 18.2 Å². The fourth-order valence-corrected chi connectivity index (χ4v) is 1.59. The fourth-order valence-electron chi connectivity index (χ4n) is 1.59. The molecule has 3 aromatic rings. The largest absolute Gasteiger partial charge is 0.441 e. The van der Waals surface area contributed by atoms with E-state index >= 15 is 0 Å². The SMILES string of the molecule is CC.CC.Cc1nnc(-c2ccc3oc(C)nc3c2)o1. The molecule has 5 nitrogen and oxygen atoms in total. The third-order valence-electron chi connectivity index (χ3n) is 2.27. The van der Waals surface area contributed by atoms with Crippen molar-refractivity contribution in [1.29, 1.82) is 0 Å². The van der Waals surface area contributed by atoms with Crippen molar-refractivity contribution in [2.45, 2.75) is 41.5 Å². The van der Waals surface area contributed by atoms with Crippen LogP contribution in [0, 0.1) is 13.8 Å². The van der Waals surface area contributed by atoms with Crippen molar-refractivity contribution in [2.24, 2.45) is 0 Å². The van der Waals surface area contributed by atoms with Crippen molar-refractivity contribution in [2.75, 3.05) is 0 Å². The lowest BCUT2D eigenvalue weighted by Crippen LogP contribution is -1.78. The van der Waals surface area contributed by atoms with Gasteiger partial charge in [0.1, 0.15) is 5.52 Å². The topological polar surface area (TPSA) is 65.0 Å². The summed E-state index contributed by atoms with van der Waals surface area (Å²) >= 11 is 0. The third kappa shape index (κ3) is 3.44. The summed E-state index contributed by atoms with van der Waals surface area (Å²) in [5.74, 6) is 1.69. The van der Waals surface area contributed by atoms with Crippen molar-refractivity contribution < 1.29 is 8.83 Å². The molecule has 0 saturated carbocycles. The molecule has 0 spiro atoms. The smallest absolute Gasteiger partial charge is 0.247 e. The molecule has 108 valence electrons. The number of benzene rings is 1. The number of fused-ring (bicyclic) bond motifs is 1. The van der Waals surface area contributed by atoms with Gasteiger partial charge in [-0.3, -0.25) is 0 Å². The van der Waals surface area contributed by atoms with Gasteiger partial charge >= 0.3 is 0 Å². The summed E-state index contributed by atoms with van der Waals surface area (Å²) in [4.78, 5) is 4.25. The van der Waals surface area contributed by atoms with Gasteiger partial charge < -0.3 is 8.83 Å². The molecule has 1 aromatic carbocycles. The number of oxazole rings is 1. The van der Waals surface area contributed by atoms with Crippen molar-refractivity contribution in [3.63, 3.8) is 0 Å². The zero-order valence-electron chi connectivity index (χ0n) is 12.9. The predicted molar refractivity (Wildman–Crippen MR) is 79.5 cm³/mol. The number of rotatable bonds is 1. The van der Waals surface area contributed by atoms with Gasteiger partial charge in [-0.1, -0.05) is 27.7 Å². The van der Waals surface area contributed by atoms with Gasteiger partial charge in [0.2, 0.25) is 11.8 Å². The van der Waals surface area contributed by atoms with Crippen LogP contribution in [-0.2, 0) is 0 Å². The van der Waals surface area contributed by atoms with Crippen LogP contribution in [0.4, 0.5) is 0 Å². The van der Waals surface area contributed by atoms with E-state index in [4.69, 9.17) is 8.83 Å². The van der Waals surface area contributed by atoms with Crippen molar-refractivity contribution in [3.05, 3.63) is 30.0 Å². The van der Waals surface area contributed by atoms with E-state index in [-0.39, 0.29) is 0 Å². The first-order valence-electron chi connectivity index (χ1n) is 6.90. The van der Waals surface area contributed by atoms with Crippen LogP contribution in [0.15, 0.2) is 27.0 Å². The number of hydrogen-bond donors (Lipinski definition) is 0. The summed E-state index contributed by atoms with van der Waals surface area (Å²) in [7, 11) is 0. The second-order valence-corrected chi connectivity index (χ2v) is 3.54. The molecule has 3 rings (SSSR count). The molecule has 0 radical (unpaired) electrons. The van der Waals surface area contributed by atoms with E-state index in [1.807, 2.05) is 52.8 Å². The van der Waals surface area contributed by atoms with Crippen LogP contribution in [0.5, 0.6) is 0 Å². The minimum atomic E-state index is 0.500. The Labute approximate surface area is 119 Å². The molecule has 20 heavy (non-hydrogen) atoms. The summed E-state index contributed by atoms with van der Waals surface area (Å²) in [6, 6.07) is 5.60. The minimum absolute atomic E-state index is 0.500. The maximum atomic E-state index is 5.39. The molecule has 0 aliphatic rings. The van der Waals surface area contributed by atoms with Crippen molar-refractivity contribution >= 4 is 11.1 Å². The zero-order chi connectivity index (χ0) is 15.1. The Morgan fingerprint density at radius 1 is 0.850 bits per heavy atom. The molecule has 0 fully saturated rings. The van der Waals surface area contributed by atoms with Crippen LogP contribution in [0.25, 0.3) is 22.6 Å². The number of nitrogens with zero attached hydrogens (tertiary/aromatic N) is 3. The highest BCUT2D eigenvalue weighted by Gasteiger charge is 2.09. The first kappa shape index (κ1) is 15.9. The molecule has 2 heterocycles. The molecule has 0 unspecified atom stereocenters. The van der Waals surface area contributed by atoms with Gasteiger partial charge in [0.25, 0.3) is 0 Å².